The van der Waals surface area contributed by atoms with E-state index in [2.05, 4.69) is 5.32 Å². The summed E-state index contributed by atoms with van der Waals surface area (Å²) in [5.41, 5.74) is 0. The summed E-state index contributed by atoms with van der Waals surface area (Å²) < 4.78 is 0. The number of amides is 1. The quantitative estimate of drug-likeness (QED) is 0.730. The Morgan fingerprint density at radius 1 is 1.31 bits per heavy atom. The number of nitrogens with zero attached hydrogens (tertiary/aromatic N) is 1. The van der Waals surface area contributed by atoms with Gasteiger partial charge < -0.3 is 15.3 Å². The zero-order valence-corrected chi connectivity index (χ0v) is 9.82. The van der Waals surface area contributed by atoms with Crippen LogP contribution in [0.4, 0.5) is 0 Å². The molecule has 4 nitrogen and oxygen atoms in total. The highest BCUT2D eigenvalue weighted by Crippen LogP contribution is 2.21. The Kier molecular flexibility index (Phi) is 4.18. The number of aliphatic hydroxyl groups excluding tert-OH is 1. The Morgan fingerprint density at radius 2 is 2.06 bits per heavy atom. The Balaban J connectivity index is 1.77. The summed E-state index contributed by atoms with van der Waals surface area (Å²) in [6.45, 7) is 3.02. The lowest BCUT2D eigenvalue weighted by Crippen LogP contribution is -2.47. The predicted octanol–water partition coefficient (Wildman–Crippen LogP) is 0.359. The van der Waals surface area contributed by atoms with Gasteiger partial charge in [0.25, 0.3) is 0 Å². The average molecular weight is 226 g/mol. The molecule has 0 aliphatic carbocycles. The third-order valence-corrected chi connectivity index (χ3v) is 3.82. The Morgan fingerprint density at radius 3 is 2.62 bits per heavy atom. The summed E-state index contributed by atoms with van der Waals surface area (Å²) in [5, 5.41) is 12.1. The highest BCUT2D eigenvalue weighted by atomic mass is 16.3. The van der Waals surface area contributed by atoms with E-state index in [0.29, 0.717) is 11.8 Å². The normalized spacial score (nSPS) is 27.3. The molecule has 4 heteroatoms. The third kappa shape index (κ3) is 2.74. The predicted molar refractivity (Wildman–Crippen MR) is 62.0 cm³/mol. The Bertz CT molecular complexity index is 231. The zero-order valence-electron chi connectivity index (χ0n) is 9.82. The van der Waals surface area contributed by atoms with Crippen molar-refractivity contribution in [3.05, 3.63) is 0 Å². The molecule has 92 valence electrons. The molecule has 0 bridgehead atoms. The van der Waals surface area contributed by atoms with Gasteiger partial charge in [-0.25, -0.2) is 0 Å². The van der Waals surface area contributed by atoms with Crippen molar-refractivity contribution in [2.45, 2.75) is 38.1 Å². The number of hydrogen-bond donors (Lipinski definition) is 2. The lowest BCUT2D eigenvalue weighted by atomic mass is 9.93. The first-order valence-electron chi connectivity index (χ1n) is 6.44. The Hall–Kier alpha value is -0.610. The molecule has 0 aromatic rings. The van der Waals surface area contributed by atoms with Crippen molar-refractivity contribution >= 4 is 5.91 Å². The van der Waals surface area contributed by atoms with Crippen LogP contribution in [-0.2, 0) is 4.79 Å². The van der Waals surface area contributed by atoms with Gasteiger partial charge in [0.15, 0.2) is 0 Å². The van der Waals surface area contributed by atoms with Crippen LogP contribution in [0.15, 0.2) is 0 Å². The van der Waals surface area contributed by atoms with Crippen molar-refractivity contribution in [1.82, 2.24) is 10.2 Å². The van der Waals surface area contributed by atoms with Gasteiger partial charge in [0.2, 0.25) is 5.91 Å². The van der Waals surface area contributed by atoms with Crippen LogP contribution < -0.4 is 5.32 Å². The van der Waals surface area contributed by atoms with E-state index >= 15 is 0 Å². The summed E-state index contributed by atoms with van der Waals surface area (Å²) >= 11 is 0. The average Bonchev–Trinajstić information content (AvgIpc) is 2.83. The number of likely N-dealkylation sites (tertiary alicyclic amines) is 1. The smallest absolute Gasteiger partial charge is 0.239 e. The fourth-order valence-electron chi connectivity index (χ4n) is 2.74. The maximum absolute atomic E-state index is 12.1. The number of piperidine rings is 1. The second-order valence-corrected chi connectivity index (χ2v) is 4.93. The van der Waals surface area contributed by atoms with Crippen LogP contribution >= 0.6 is 0 Å². The first-order valence-corrected chi connectivity index (χ1v) is 6.44. The van der Waals surface area contributed by atoms with Crippen LogP contribution in [0, 0.1) is 5.92 Å². The van der Waals surface area contributed by atoms with Gasteiger partial charge in [0.1, 0.15) is 0 Å². The molecule has 0 saturated carbocycles. The molecule has 0 aromatic carbocycles. The summed E-state index contributed by atoms with van der Waals surface area (Å²) in [6.07, 6.45) is 5.12. The van der Waals surface area contributed by atoms with Gasteiger partial charge in [-0.15, -0.1) is 0 Å². The Labute approximate surface area is 97.0 Å². The highest BCUT2D eigenvalue weighted by Gasteiger charge is 2.29. The second-order valence-electron chi connectivity index (χ2n) is 4.93. The SMILES string of the molecule is O=C(C1CCCN1)N1CCC(CCO)CC1. The van der Waals surface area contributed by atoms with E-state index in [-0.39, 0.29) is 12.6 Å². The highest BCUT2D eigenvalue weighted by molar-refractivity contribution is 5.82. The molecule has 1 atom stereocenters. The molecule has 1 amide bonds. The van der Waals surface area contributed by atoms with E-state index in [1.54, 1.807) is 0 Å². The minimum absolute atomic E-state index is 0.0781. The van der Waals surface area contributed by atoms with E-state index in [1.165, 1.54) is 0 Å². The van der Waals surface area contributed by atoms with Crippen LogP contribution in [-0.4, -0.2) is 48.2 Å². The van der Waals surface area contributed by atoms with Crippen LogP contribution in [0.2, 0.25) is 0 Å². The van der Waals surface area contributed by atoms with Crippen molar-refractivity contribution in [3.8, 4) is 0 Å². The monoisotopic (exact) mass is 226 g/mol. The molecule has 2 aliphatic heterocycles. The van der Waals surface area contributed by atoms with Crippen molar-refractivity contribution in [3.63, 3.8) is 0 Å². The van der Waals surface area contributed by atoms with Crippen LogP contribution in [0.5, 0.6) is 0 Å². The largest absolute Gasteiger partial charge is 0.396 e. The maximum Gasteiger partial charge on any atom is 0.239 e. The summed E-state index contributed by atoms with van der Waals surface area (Å²) in [5.74, 6) is 0.908. The summed E-state index contributed by atoms with van der Waals surface area (Å²) in [6, 6.07) is 0.0781. The zero-order chi connectivity index (χ0) is 11.4. The van der Waals surface area contributed by atoms with Crippen molar-refractivity contribution in [2.75, 3.05) is 26.2 Å². The topological polar surface area (TPSA) is 52.6 Å². The molecular weight excluding hydrogens is 204 g/mol. The number of hydrogen-bond acceptors (Lipinski definition) is 3. The van der Waals surface area contributed by atoms with Crippen molar-refractivity contribution in [2.24, 2.45) is 5.92 Å². The summed E-state index contributed by atoms with van der Waals surface area (Å²) in [7, 11) is 0. The molecule has 2 heterocycles. The number of rotatable bonds is 3. The van der Waals surface area contributed by atoms with Gasteiger partial charge in [-0.2, -0.15) is 0 Å². The molecule has 0 aromatic heterocycles. The minimum atomic E-state index is 0.0781. The number of nitrogens with one attached hydrogen (secondary N) is 1. The molecule has 2 N–H and O–H groups in total. The summed E-state index contributed by atoms with van der Waals surface area (Å²) in [4.78, 5) is 14.1. The van der Waals surface area contributed by atoms with Crippen LogP contribution in [0.25, 0.3) is 0 Å². The minimum Gasteiger partial charge on any atom is -0.396 e. The second kappa shape index (κ2) is 5.64. The van der Waals surface area contributed by atoms with Gasteiger partial charge in [-0.1, -0.05) is 0 Å². The molecular formula is C12H22N2O2. The molecule has 16 heavy (non-hydrogen) atoms. The van der Waals surface area contributed by atoms with E-state index in [4.69, 9.17) is 5.11 Å². The lowest BCUT2D eigenvalue weighted by molar-refractivity contribution is -0.134. The molecule has 0 radical (unpaired) electrons. The standard InChI is InChI=1S/C12H22N2O2/c15-9-5-10-3-7-14(8-4-10)12(16)11-2-1-6-13-11/h10-11,13,15H,1-9H2. The van der Waals surface area contributed by atoms with Crippen molar-refractivity contribution < 1.29 is 9.90 Å². The molecule has 1 unspecified atom stereocenters. The van der Waals surface area contributed by atoms with E-state index in [1.807, 2.05) is 4.90 Å². The van der Waals surface area contributed by atoms with Crippen LogP contribution in [0.1, 0.15) is 32.1 Å². The first kappa shape index (κ1) is 11.9. The molecule has 2 fully saturated rings. The number of carbonyl (C=O) groups is 1. The number of carbonyl (C=O) groups excluding carboxylic acids is 1. The third-order valence-electron chi connectivity index (χ3n) is 3.82. The van der Waals surface area contributed by atoms with E-state index in [9.17, 15) is 4.79 Å². The van der Waals surface area contributed by atoms with Gasteiger partial charge >= 0.3 is 0 Å². The molecule has 2 saturated heterocycles. The fraction of sp³-hybridized carbons (Fsp3) is 0.917. The first-order chi connectivity index (χ1) is 7.81. The lowest BCUT2D eigenvalue weighted by Gasteiger charge is -2.33. The number of aliphatic hydroxyl groups is 1. The maximum atomic E-state index is 12.1. The van der Waals surface area contributed by atoms with E-state index in [0.717, 1.165) is 51.7 Å². The van der Waals surface area contributed by atoms with Crippen molar-refractivity contribution in [1.29, 1.82) is 0 Å². The molecule has 2 rings (SSSR count). The van der Waals surface area contributed by atoms with Gasteiger partial charge in [0, 0.05) is 19.7 Å². The van der Waals surface area contributed by atoms with Crippen LogP contribution in [0.3, 0.4) is 0 Å². The van der Waals surface area contributed by atoms with Gasteiger partial charge in [0.05, 0.1) is 6.04 Å². The van der Waals surface area contributed by atoms with E-state index < -0.39 is 0 Å². The molecule has 0 spiro atoms. The van der Waals surface area contributed by atoms with Gasteiger partial charge in [-0.3, -0.25) is 4.79 Å². The fourth-order valence-corrected chi connectivity index (χ4v) is 2.74. The van der Waals surface area contributed by atoms with Gasteiger partial charge in [-0.05, 0) is 44.6 Å². The molecule has 2 aliphatic rings.